The van der Waals surface area contributed by atoms with Crippen LogP contribution in [0.15, 0.2) is 35.8 Å². The van der Waals surface area contributed by atoms with Gasteiger partial charge in [-0.3, -0.25) is 14.1 Å². The minimum atomic E-state index is -0.0668. The van der Waals surface area contributed by atoms with E-state index in [1.165, 1.54) is 11.3 Å². The summed E-state index contributed by atoms with van der Waals surface area (Å²) in [5.74, 6) is 0.718. The molecule has 0 atom stereocenters. The number of morpholine rings is 1. The largest absolute Gasteiger partial charge is 0.497 e. The van der Waals surface area contributed by atoms with Gasteiger partial charge in [0.25, 0.3) is 5.91 Å². The minimum Gasteiger partial charge on any atom is -0.497 e. The third-order valence-corrected chi connectivity index (χ3v) is 5.69. The highest BCUT2D eigenvalue weighted by Crippen LogP contribution is 2.26. The van der Waals surface area contributed by atoms with E-state index in [0.29, 0.717) is 12.2 Å². The molecule has 0 saturated carbocycles. The molecule has 1 aliphatic rings. The molecule has 1 aliphatic heterocycles. The van der Waals surface area contributed by atoms with Crippen molar-refractivity contribution in [1.29, 1.82) is 0 Å². The average molecular weight is 401 g/mol. The molecule has 148 valence electrons. The minimum absolute atomic E-state index is 0.0668. The molecule has 3 aromatic rings. The van der Waals surface area contributed by atoms with E-state index in [2.05, 4.69) is 15.2 Å². The van der Waals surface area contributed by atoms with Crippen molar-refractivity contribution in [1.82, 2.24) is 19.6 Å². The van der Waals surface area contributed by atoms with Crippen molar-refractivity contribution in [2.45, 2.75) is 6.42 Å². The Morgan fingerprint density at radius 1 is 1.36 bits per heavy atom. The zero-order valence-electron chi connectivity index (χ0n) is 15.9. The number of ether oxygens (including phenoxy) is 2. The molecule has 1 aromatic carbocycles. The van der Waals surface area contributed by atoms with Gasteiger partial charge in [-0.05, 0) is 25.1 Å². The monoisotopic (exact) mass is 400 g/mol. The third-order valence-electron chi connectivity index (χ3n) is 4.85. The summed E-state index contributed by atoms with van der Waals surface area (Å²) >= 11 is 1.47. The van der Waals surface area contributed by atoms with Crippen LogP contribution in [0.2, 0.25) is 0 Å². The number of nitrogens with one attached hydrogen (secondary N) is 1. The van der Waals surface area contributed by atoms with Gasteiger partial charge in [0.05, 0.1) is 26.0 Å². The molecule has 1 fully saturated rings. The first-order valence-electron chi connectivity index (χ1n) is 9.44. The highest BCUT2D eigenvalue weighted by molar-refractivity contribution is 7.15. The highest BCUT2D eigenvalue weighted by Gasteiger charge is 2.16. The molecule has 28 heavy (non-hydrogen) atoms. The van der Waals surface area contributed by atoms with Crippen molar-refractivity contribution in [3.63, 3.8) is 0 Å². The zero-order chi connectivity index (χ0) is 19.3. The maximum atomic E-state index is 12.6. The van der Waals surface area contributed by atoms with Crippen molar-refractivity contribution < 1.29 is 14.3 Å². The third kappa shape index (κ3) is 4.19. The number of carbonyl (C=O) groups is 1. The van der Waals surface area contributed by atoms with Crippen LogP contribution < -0.4 is 10.1 Å². The van der Waals surface area contributed by atoms with Gasteiger partial charge >= 0.3 is 0 Å². The lowest BCUT2D eigenvalue weighted by atomic mass is 10.1. The van der Waals surface area contributed by atoms with Crippen LogP contribution in [-0.4, -0.2) is 66.7 Å². The number of thiazole rings is 1. The number of hydrogen-bond acceptors (Lipinski definition) is 6. The van der Waals surface area contributed by atoms with Crippen LogP contribution in [-0.2, 0) is 4.74 Å². The average Bonchev–Trinajstić information content (AvgIpc) is 3.33. The molecular weight excluding hydrogens is 376 g/mol. The fourth-order valence-electron chi connectivity index (χ4n) is 3.29. The van der Waals surface area contributed by atoms with Crippen molar-refractivity contribution in [2.75, 3.05) is 46.5 Å². The number of carbonyl (C=O) groups excluding carboxylic acids is 1. The molecule has 0 radical (unpaired) electrons. The Morgan fingerprint density at radius 2 is 2.21 bits per heavy atom. The predicted molar refractivity (Wildman–Crippen MR) is 109 cm³/mol. The maximum Gasteiger partial charge on any atom is 0.269 e. The predicted octanol–water partition coefficient (Wildman–Crippen LogP) is 2.52. The van der Waals surface area contributed by atoms with Crippen LogP contribution in [0.5, 0.6) is 5.75 Å². The Labute approximate surface area is 167 Å². The smallest absolute Gasteiger partial charge is 0.269 e. The van der Waals surface area contributed by atoms with E-state index in [4.69, 9.17) is 9.47 Å². The number of methoxy groups -OCH3 is 1. The number of nitrogens with zero attached hydrogens (tertiary/aromatic N) is 3. The van der Waals surface area contributed by atoms with Crippen LogP contribution in [0.1, 0.15) is 16.9 Å². The number of aromatic nitrogens is 2. The van der Waals surface area contributed by atoms with Gasteiger partial charge in [-0.25, -0.2) is 4.98 Å². The van der Waals surface area contributed by atoms with E-state index in [9.17, 15) is 4.79 Å². The lowest BCUT2D eigenvalue weighted by Gasteiger charge is -2.26. The molecule has 1 N–H and O–H groups in total. The molecule has 8 heteroatoms. The summed E-state index contributed by atoms with van der Waals surface area (Å²) in [6, 6.07) is 7.76. The summed E-state index contributed by atoms with van der Waals surface area (Å²) in [7, 11) is 1.65. The van der Waals surface area contributed by atoms with E-state index in [0.717, 1.165) is 61.2 Å². The Bertz CT molecular complexity index is 946. The summed E-state index contributed by atoms with van der Waals surface area (Å²) in [6.07, 6.45) is 2.83. The normalized spacial score (nSPS) is 15.0. The molecule has 0 unspecified atom stereocenters. The van der Waals surface area contributed by atoms with Crippen molar-refractivity contribution in [2.24, 2.45) is 0 Å². The summed E-state index contributed by atoms with van der Waals surface area (Å²) in [5, 5.41) is 4.88. The molecule has 7 nitrogen and oxygen atoms in total. The van der Waals surface area contributed by atoms with Gasteiger partial charge in [-0.1, -0.05) is 12.1 Å². The number of fused-ring (bicyclic) bond motifs is 1. The molecule has 4 rings (SSSR count). The molecule has 1 saturated heterocycles. The van der Waals surface area contributed by atoms with Gasteiger partial charge in [-0.15, -0.1) is 11.3 Å². The molecule has 0 spiro atoms. The van der Waals surface area contributed by atoms with E-state index < -0.39 is 0 Å². The summed E-state index contributed by atoms with van der Waals surface area (Å²) in [5.41, 5.74) is 2.41. The molecule has 1 amide bonds. The first kappa shape index (κ1) is 18.9. The number of hydrogen-bond donors (Lipinski definition) is 1. The number of imidazole rings is 1. The Balaban J connectivity index is 1.39. The number of amides is 1. The van der Waals surface area contributed by atoms with Gasteiger partial charge < -0.3 is 14.8 Å². The van der Waals surface area contributed by atoms with E-state index in [1.54, 1.807) is 7.11 Å². The van der Waals surface area contributed by atoms with Crippen LogP contribution in [0.3, 0.4) is 0 Å². The van der Waals surface area contributed by atoms with Crippen molar-refractivity contribution >= 4 is 22.2 Å². The second kappa shape index (κ2) is 8.72. The van der Waals surface area contributed by atoms with Crippen molar-refractivity contribution in [3.05, 3.63) is 41.5 Å². The number of rotatable bonds is 7. The standard InChI is InChI=1S/C20H24N4O3S/c1-26-16-5-2-4-15(12-16)17-13-24-18(14-28-20(24)22-17)19(25)21-6-3-7-23-8-10-27-11-9-23/h2,4-5,12-14H,3,6-11H2,1H3,(H,21,25). The van der Waals surface area contributed by atoms with Crippen LogP contribution >= 0.6 is 11.3 Å². The summed E-state index contributed by atoms with van der Waals surface area (Å²) < 4.78 is 12.5. The topological polar surface area (TPSA) is 68.1 Å². The lowest BCUT2D eigenvalue weighted by Crippen LogP contribution is -2.38. The number of benzene rings is 1. The highest BCUT2D eigenvalue weighted by atomic mass is 32.1. The Kier molecular flexibility index (Phi) is 5.90. The first-order chi connectivity index (χ1) is 13.7. The fraction of sp³-hybridized carbons (Fsp3) is 0.400. The van der Waals surface area contributed by atoms with Crippen LogP contribution in [0, 0.1) is 0 Å². The van der Waals surface area contributed by atoms with Gasteiger partial charge in [0, 0.05) is 36.8 Å². The van der Waals surface area contributed by atoms with E-state index in [-0.39, 0.29) is 5.91 Å². The van der Waals surface area contributed by atoms with E-state index in [1.807, 2.05) is 40.2 Å². The Morgan fingerprint density at radius 3 is 3.04 bits per heavy atom. The Hall–Kier alpha value is -2.42. The van der Waals surface area contributed by atoms with Gasteiger partial charge in [0.1, 0.15) is 11.4 Å². The molecule has 0 bridgehead atoms. The van der Waals surface area contributed by atoms with Crippen molar-refractivity contribution in [3.8, 4) is 17.0 Å². The molecule has 3 heterocycles. The van der Waals surface area contributed by atoms with E-state index >= 15 is 0 Å². The molecule has 2 aromatic heterocycles. The molecule has 0 aliphatic carbocycles. The second-order valence-electron chi connectivity index (χ2n) is 6.70. The fourth-order valence-corrected chi connectivity index (χ4v) is 4.14. The second-order valence-corrected chi connectivity index (χ2v) is 7.53. The van der Waals surface area contributed by atoms with Gasteiger partial charge in [0.15, 0.2) is 4.96 Å². The summed E-state index contributed by atoms with van der Waals surface area (Å²) in [6.45, 7) is 5.19. The maximum absolute atomic E-state index is 12.6. The molecular formula is C20H24N4O3S. The van der Waals surface area contributed by atoms with Crippen LogP contribution in [0.25, 0.3) is 16.2 Å². The van der Waals surface area contributed by atoms with Gasteiger partial charge in [0.2, 0.25) is 0 Å². The lowest BCUT2D eigenvalue weighted by molar-refractivity contribution is 0.0374. The zero-order valence-corrected chi connectivity index (χ0v) is 16.7. The first-order valence-corrected chi connectivity index (χ1v) is 10.3. The summed E-state index contributed by atoms with van der Waals surface area (Å²) in [4.78, 5) is 20.4. The van der Waals surface area contributed by atoms with Gasteiger partial charge in [-0.2, -0.15) is 0 Å². The van der Waals surface area contributed by atoms with Crippen LogP contribution in [0.4, 0.5) is 0 Å². The quantitative estimate of drug-likeness (QED) is 0.618. The SMILES string of the molecule is COc1cccc(-c2cn3c(C(=O)NCCCN4CCOCC4)csc3n2)c1.